The van der Waals surface area contributed by atoms with Gasteiger partial charge in [0, 0.05) is 43.9 Å². The molecule has 0 atom stereocenters. The second-order valence-electron chi connectivity index (χ2n) is 6.71. The molecular formula is C21H25FN2O3. The number of halogens is 1. The molecule has 6 heteroatoms. The average molecular weight is 372 g/mol. The first-order chi connectivity index (χ1) is 13.0. The summed E-state index contributed by atoms with van der Waals surface area (Å²) < 4.78 is 24.5. The molecule has 0 bridgehead atoms. The highest BCUT2D eigenvalue weighted by molar-refractivity contribution is 5.94. The number of amides is 1. The number of methoxy groups -OCH3 is 2. The number of hydrogen-bond acceptors (Lipinski definition) is 4. The molecular weight excluding hydrogens is 347 g/mol. The lowest BCUT2D eigenvalue weighted by molar-refractivity contribution is 0.0627. The van der Waals surface area contributed by atoms with Crippen molar-refractivity contribution < 1.29 is 18.7 Å². The van der Waals surface area contributed by atoms with Gasteiger partial charge in [-0.3, -0.25) is 9.69 Å². The number of nitrogens with zero attached hydrogens (tertiary/aromatic N) is 2. The van der Waals surface area contributed by atoms with E-state index >= 15 is 0 Å². The fourth-order valence-corrected chi connectivity index (χ4v) is 3.26. The summed E-state index contributed by atoms with van der Waals surface area (Å²) in [7, 11) is 3.30. The summed E-state index contributed by atoms with van der Waals surface area (Å²) in [6.07, 6.45) is 0. The van der Waals surface area contributed by atoms with Crippen molar-refractivity contribution in [3.05, 3.63) is 58.9 Å². The van der Waals surface area contributed by atoms with Gasteiger partial charge >= 0.3 is 0 Å². The summed E-state index contributed by atoms with van der Waals surface area (Å²) in [5, 5.41) is 0. The number of aryl methyl sites for hydroxylation is 1. The van der Waals surface area contributed by atoms with Crippen LogP contribution in [0.15, 0.2) is 36.4 Å². The molecule has 3 rings (SSSR count). The number of rotatable bonds is 5. The Morgan fingerprint density at radius 1 is 1.04 bits per heavy atom. The Hall–Kier alpha value is -2.60. The molecule has 1 aliphatic rings. The lowest BCUT2D eigenvalue weighted by Gasteiger charge is -2.35. The van der Waals surface area contributed by atoms with Gasteiger partial charge in [0.05, 0.1) is 14.2 Å². The summed E-state index contributed by atoms with van der Waals surface area (Å²) in [5.41, 5.74) is 2.00. The van der Waals surface area contributed by atoms with Crippen molar-refractivity contribution in [2.75, 3.05) is 40.4 Å². The van der Waals surface area contributed by atoms with Gasteiger partial charge in [0.2, 0.25) is 0 Å². The highest BCUT2D eigenvalue weighted by atomic mass is 19.1. The number of piperazine rings is 1. The van der Waals surface area contributed by atoms with Crippen molar-refractivity contribution in [1.29, 1.82) is 0 Å². The summed E-state index contributed by atoms with van der Waals surface area (Å²) >= 11 is 0. The van der Waals surface area contributed by atoms with Gasteiger partial charge < -0.3 is 14.4 Å². The van der Waals surface area contributed by atoms with Gasteiger partial charge in [-0.1, -0.05) is 6.07 Å². The van der Waals surface area contributed by atoms with Crippen LogP contribution in [-0.4, -0.2) is 56.1 Å². The molecule has 1 saturated heterocycles. The van der Waals surface area contributed by atoms with Crippen molar-refractivity contribution in [3.63, 3.8) is 0 Å². The third-order valence-corrected chi connectivity index (χ3v) is 4.96. The van der Waals surface area contributed by atoms with Crippen LogP contribution in [0.1, 0.15) is 21.5 Å². The Labute approximate surface area is 159 Å². The SMILES string of the molecule is COc1ccc(OC)c(CN2CCN(C(=O)c3ccc(C)c(F)c3)CC2)c1. The van der Waals surface area contributed by atoms with Gasteiger partial charge in [-0.2, -0.15) is 0 Å². The Kier molecular flexibility index (Phi) is 5.96. The van der Waals surface area contributed by atoms with Gasteiger partial charge in [0.25, 0.3) is 5.91 Å². The summed E-state index contributed by atoms with van der Waals surface area (Å²) in [4.78, 5) is 16.7. The van der Waals surface area contributed by atoms with Crippen molar-refractivity contribution in [3.8, 4) is 11.5 Å². The predicted octanol–water partition coefficient (Wildman–Crippen LogP) is 3.11. The standard InChI is InChI=1S/C21H25FN2O3/c1-15-4-5-16(13-19(15)22)21(25)24-10-8-23(9-11-24)14-17-12-18(26-2)6-7-20(17)27-3/h4-7,12-13H,8-11,14H2,1-3H3. The zero-order valence-corrected chi connectivity index (χ0v) is 16.0. The molecule has 0 spiro atoms. The zero-order chi connectivity index (χ0) is 19.4. The lowest BCUT2D eigenvalue weighted by atomic mass is 10.1. The van der Waals surface area contributed by atoms with E-state index in [0.717, 1.165) is 36.7 Å². The number of ether oxygens (including phenoxy) is 2. The smallest absolute Gasteiger partial charge is 0.254 e. The molecule has 5 nitrogen and oxygen atoms in total. The zero-order valence-electron chi connectivity index (χ0n) is 16.0. The Bertz CT molecular complexity index is 817. The molecule has 1 aliphatic heterocycles. The Morgan fingerprint density at radius 3 is 2.41 bits per heavy atom. The summed E-state index contributed by atoms with van der Waals surface area (Å²) in [6.45, 7) is 5.14. The van der Waals surface area contributed by atoms with Crippen LogP contribution in [0.4, 0.5) is 4.39 Å². The molecule has 1 amide bonds. The Balaban J connectivity index is 1.62. The molecule has 2 aromatic carbocycles. The van der Waals surface area contributed by atoms with Crippen LogP contribution in [0.25, 0.3) is 0 Å². The van der Waals surface area contributed by atoms with E-state index in [1.165, 1.54) is 6.07 Å². The molecule has 144 valence electrons. The molecule has 2 aromatic rings. The van der Waals surface area contributed by atoms with Crippen molar-refractivity contribution in [1.82, 2.24) is 9.80 Å². The maximum Gasteiger partial charge on any atom is 0.254 e. The second kappa shape index (κ2) is 8.39. The third-order valence-electron chi connectivity index (χ3n) is 4.96. The van der Waals surface area contributed by atoms with E-state index < -0.39 is 0 Å². The Morgan fingerprint density at radius 2 is 1.78 bits per heavy atom. The highest BCUT2D eigenvalue weighted by Crippen LogP contribution is 2.25. The molecule has 1 fully saturated rings. The summed E-state index contributed by atoms with van der Waals surface area (Å²) in [5.74, 6) is 1.16. The average Bonchev–Trinajstić information content (AvgIpc) is 2.70. The van der Waals surface area contributed by atoms with Crippen LogP contribution in [0.3, 0.4) is 0 Å². The van der Waals surface area contributed by atoms with Crippen LogP contribution in [-0.2, 0) is 6.54 Å². The van der Waals surface area contributed by atoms with Gasteiger partial charge in [0.15, 0.2) is 0 Å². The number of carbonyl (C=O) groups excluding carboxylic acids is 1. The van der Waals surface area contributed by atoms with E-state index in [4.69, 9.17) is 9.47 Å². The monoisotopic (exact) mass is 372 g/mol. The second-order valence-corrected chi connectivity index (χ2v) is 6.71. The number of hydrogen-bond donors (Lipinski definition) is 0. The molecule has 27 heavy (non-hydrogen) atoms. The van der Waals surface area contributed by atoms with Crippen LogP contribution in [0.2, 0.25) is 0 Å². The maximum atomic E-state index is 13.7. The van der Waals surface area contributed by atoms with Crippen LogP contribution in [0, 0.1) is 12.7 Å². The fourth-order valence-electron chi connectivity index (χ4n) is 3.26. The van der Waals surface area contributed by atoms with Crippen molar-refractivity contribution in [2.45, 2.75) is 13.5 Å². The van der Waals surface area contributed by atoms with Crippen molar-refractivity contribution >= 4 is 5.91 Å². The third kappa shape index (κ3) is 4.39. The van der Waals surface area contributed by atoms with Gasteiger partial charge in [-0.15, -0.1) is 0 Å². The maximum absolute atomic E-state index is 13.7. The number of benzene rings is 2. The predicted molar refractivity (Wildman–Crippen MR) is 102 cm³/mol. The van der Waals surface area contributed by atoms with E-state index in [-0.39, 0.29) is 11.7 Å². The fraction of sp³-hybridized carbons (Fsp3) is 0.381. The number of carbonyl (C=O) groups is 1. The van der Waals surface area contributed by atoms with Crippen LogP contribution < -0.4 is 9.47 Å². The first-order valence-corrected chi connectivity index (χ1v) is 9.00. The first-order valence-electron chi connectivity index (χ1n) is 9.00. The van der Waals surface area contributed by atoms with E-state index in [1.807, 2.05) is 18.2 Å². The summed E-state index contributed by atoms with van der Waals surface area (Å²) in [6, 6.07) is 10.4. The van der Waals surface area contributed by atoms with Crippen LogP contribution >= 0.6 is 0 Å². The minimum atomic E-state index is -0.343. The van der Waals surface area contributed by atoms with E-state index in [1.54, 1.807) is 38.2 Å². The van der Waals surface area contributed by atoms with Gasteiger partial charge in [0.1, 0.15) is 17.3 Å². The molecule has 0 N–H and O–H groups in total. The topological polar surface area (TPSA) is 42.0 Å². The minimum Gasteiger partial charge on any atom is -0.497 e. The first kappa shape index (κ1) is 19.2. The minimum absolute atomic E-state index is 0.118. The highest BCUT2D eigenvalue weighted by Gasteiger charge is 2.23. The van der Waals surface area contributed by atoms with Crippen LogP contribution in [0.5, 0.6) is 11.5 Å². The van der Waals surface area contributed by atoms with E-state index in [2.05, 4.69) is 4.90 Å². The van der Waals surface area contributed by atoms with E-state index in [9.17, 15) is 9.18 Å². The molecule has 0 aromatic heterocycles. The normalized spacial score (nSPS) is 14.9. The van der Waals surface area contributed by atoms with E-state index in [0.29, 0.717) is 24.2 Å². The molecule has 0 saturated carbocycles. The molecule has 0 unspecified atom stereocenters. The molecule has 0 radical (unpaired) electrons. The molecule has 0 aliphatic carbocycles. The van der Waals surface area contributed by atoms with Crippen molar-refractivity contribution in [2.24, 2.45) is 0 Å². The lowest BCUT2D eigenvalue weighted by Crippen LogP contribution is -2.48. The van der Waals surface area contributed by atoms with Gasteiger partial charge in [-0.25, -0.2) is 4.39 Å². The van der Waals surface area contributed by atoms with Gasteiger partial charge in [-0.05, 0) is 42.8 Å². The largest absolute Gasteiger partial charge is 0.497 e. The molecule has 1 heterocycles. The quantitative estimate of drug-likeness (QED) is 0.809.